The van der Waals surface area contributed by atoms with Gasteiger partial charge in [-0.3, -0.25) is 5.73 Å². The fourth-order valence-electron chi connectivity index (χ4n) is 0.515. The van der Waals surface area contributed by atoms with Gasteiger partial charge in [0.25, 0.3) is 5.82 Å². The van der Waals surface area contributed by atoms with Gasteiger partial charge >= 0.3 is 0 Å². The van der Waals surface area contributed by atoms with Crippen LogP contribution in [0.2, 0.25) is 0 Å². The minimum Gasteiger partial charge on any atom is -0.356 e. The minimum absolute atomic E-state index is 0.704. The molecule has 0 saturated heterocycles. The number of aromatic amines is 1. The molecule has 0 unspecified atom stereocenters. The third-order valence-electron chi connectivity index (χ3n) is 0.992. The molecule has 66 valence electrons. The van der Waals surface area contributed by atoms with Crippen LogP contribution in [-0.2, 0) is 0 Å². The third kappa shape index (κ3) is 6.27. The maximum Gasteiger partial charge on any atom is 0.270 e. The monoisotopic (exact) mass is 171 g/mol. The molecule has 12 heavy (non-hydrogen) atoms. The zero-order chi connectivity index (χ0) is 9.56. The van der Waals surface area contributed by atoms with Crippen LogP contribution in [0.1, 0.15) is 5.56 Å². The number of nitrogens with one attached hydrogen (secondary N) is 1. The lowest BCUT2D eigenvalue weighted by Gasteiger charge is -1.84. The van der Waals surface area contributed by atoms with E-state index >= 15 is 0 Å². The summed E-state index contributed by atoms with van der Waals surface area (Å²) in [6.07, 6.45) is 1.87. The van der Waals surface area contributed by atoms with E-state index < -0.39 is 5.09 Å². The van der Waals surface area contributed by atoms with E-state index in [2.05, 4.69) is 4.98 Å². The Hall–Kier alpha value is -1.85. The van der Waals surface area contributed by atoms with E-state index in [1.165, 1.54) is 5.56 Å². The number of aromatic nitrogens is 1. The molecule has 0 spiro atoms. The summed E-state index contributed by atoms with van der Waals surface area (Å²) in [6, 6.07) is 3.81. The first-order valence-electron chi connectivity index (χ1n) is 3.07. The predicted octanol–water partition coefficient (Wildman–Crippen LogP) is 0.152. The van der Waals surface area contributed by atoms with Gasteiger partial charge in [-0.25, -0.2) is 4.98 Å². The van der Waals surface area contributed by atoms with Crippen molar-refractivity contribution in [1.29, 1.82) is 0 Å². The largest absolute Gasteiger partial charge is 0.356 e. The van der Waals surface area contributed by atoms with Gasteiger partial charge in [-0.2, -0.15) is 0 Å². The van der Waals surface area contributed by atoms with Gasteiger partial charge in [-0.05, 0) is 18.6 Å². The maximum atomic E-state index is 8.25. The number of hydrogen-bond acceptors (Lipinski definition) is 4. The Bertz CT molecular complexity index is 222. The molecular weight excluding hydrogens is 162 g/mol. The molecule has 0 aliphatic carbocycles. The number of hydrogen-bond donors (Lipinski definition) is 1. The van der Waals surface area contributed by atoms with Crippen molar-refractivity contribution in [2.75, 3.05) is 5.73 Å². The predicted molar refractivity (Wildman–Crippen MR) is 42.5 cm³/mol. The zero-order valence-corrected chi connectivity index (χ0v) is 6.48. The Kier molecular flexibility index (Phi) is 4.13. The Balaban J connectivity index is 0.000000261. The molecule has 1 rings (SSSR count). The second-order valence-electron chi connectivity index (χ2n) is 2.04. The molecule has 6 nitrogen and oxygen atoms in total. The van der Waals surface area contributed by atoms with Crippen molar-refractivity contribution in [2.24, 2.45) is 0 Å². The third-order valence-corrected chi connectivity index (χ3v) is 0.992. The number of pyridine rings is 1. The van der Waals surface area contributed by atoms with Crippen molar-refractivity contribution in [3.8, 4) is 0 Å². The van der Waals surface area contributed by atoms with E-state index in [4.69, 9.17) is 21.1 Å². The van der Waals surface area contributed by atoms with Crippen LogP contribution in [0.5, 0.6) is 0 Å². The van der Waals surface area contributed by atoms with Gasteiger partial charge in [-0.15, -0.1) is 0 Å². The number of aryl methyl sites for hydroxylation is 1. The van der Waals surface area contributed by atoms with Gasteiger partial charge in [0.05, 0.1) is 11.3 Å². The van der Waals surface area contributed by atoms with Crippen molar-refractivity contribution in [3.05, 3.63) is 39.2 Å². The first-order chi connectivity index (χ1) is 5.52. The molecule has 1 aromatic rings. The number of rotatable bonds is 0. The maximum absolute atomic E-state index is 8.25. The molecule has 0 amide bonds. The van der Waals surface area contributed by atoms with Gasteiger partial charge in [0.1, 0.15) is 0 Å². The molecule has 0 saturated carbocycles. The molecule has 0 aromatic carbocycles. The van der Waals surface area contributed by atoms with Crippen LogP contribution in [0.4, 0.5) is 5.82 Å². The number of nitrogen functional groups attached to an aromatic ring is 1. The average molecular weight is 171 g/mol. The smallest absolute Gasteiger partial charge is 0.270 e. The quantitative estimate of drug-likeness (QED) is 0.442. The van der Waals surface area contributed by atoms with Gasteiger partial charge in [0, 0.05) is 6.07 Å². The molecule has 1 heterocycles. The Morgan fingerprint density at radius 3 is 2.25 bits per heavy atom. The summed E-state index contributed by atoms with van der Waals surface area (Å²) >= 11 is 0. The van der Waals surface area contributed by atoms with Gasteiger partial charge in [0.2, 0.25) is 0 Å². The highest BCUT2D eigenvalue weighted by Crippen LogP contribution is 1.92. The SMILES string of the molecule is Cc1ccc(N)[nH+]c1.O=[N+]([O-])[O-]. The Morgan fingerprint density at radius 1 is 1.50 bits per heavy atom. The van der Waals surface area contributed by atoms with Crippen LogP contribution < -0.4 is 10.7 Å². The normalized spacial score (nSPS) is 8.08. The first kappa shape index (κ1) is 10.2. The lowest BCUT2D eigenvalue weighted by molar-refractivity contribution is -0.402. The lowest BCUT2D eigenvalue weighted by Crippen LogP contribution is -2.08. The second-order valence-corrected chi connectivity index (χ2v) is 2.04. The van der Waals surface area contributed by atoms with Crippen LogP contribution in [0.3, 0.4) is 0 Å². The molecule has 0 aliphatic heterocycles. The molecule has 1 aromatic heterocycles. The van der Waals surface area contributed by atoms with E-state index in [0.29, 0.717) is 5.82 Å². The Labute approximate surface area is 68.8 Å². The van der Waals surface area contributed by atoms with Crippen molar-refractivity contribution >= 4 is 5.82 Å². The van der Waals surface area contributed by atoms with Crippen molar-refractivity contribution < 1.29 is 10.1 Å². The molecule has 0 bridgehead atoms. The van der Waals surface area contributed by atoms with Gasteiger partial charge in [-0.1, -0.05) is 0 Å². The fourth-order valence-corrected chi connectivity index (χ4v) is 0.515. The topological polar surface area (TPSA) is 106 Å². The molecule has 0 atom stereocenters. The molecule has 3 N–H and O–H groups in total. The van der Waals surface area contributed by atoms with E-state index in [1.807, 2.05) is 25.3 Å². The van der Waals surface area contributed by atoms with E-state index in [-0.39, 0.29) is 0 Å². The van der Waals surface area contributed by atoms with E-state index in [1.54, 1.807) is 0 Å². The second kappa shape index (κ2) is 4.89. The summed E-state index contributed by atoms with van der Waals surface area (Å²) < 4.78 is 0. The van der Waals surface area contributed by atoms with Crippen LogP contribution in [0.15, 0.2) is 18.3 Å². The van der Waals surface area contributed by atoms with Crippen molar-refractivity contribution in [1.82, 2.24) is 0 Å². The minimum atomic E-state index is -1.75. The van der Waals surface area contributed by atoms with Crippen molar-refractivity contribution in [3.63, 3.8) is 0 Å². The number of H-pyrrole nitrogens is 1. The molecule has 0 aliphatic rings. The van der Waals surface area contributed by atoms with Gasteiger partial charge < -0.3 is 15.3 Å². The number of nitrogens with zero attached hydrogens (tertiary/aromatic N) is 1. The van der Waals surface area contributed by atoms with Crippen LogP contribution in [0.25, 0.3) is 0 Å². The van der Waals surface area contributed by atoms with Crippen LogP contribution in [-0.4, -0.2) is 5.09 Å². The summed E-state index contributed by atoms with van der Waals surface area (Å²) in [5.41, 5.74) is 6.56. The van der Waals surface area contributed by atoms with Crippen LogP contribution >= 0.6 is 0 Å². The van der Waals surface area contributed by atoms with Gasteiger partial charge in [0.15, 0.2) is 0 Å². The fraction of sp³-hybridized carbons (Fsp3) is 0.167. The highest BCUT2D eigenvalue weighted by molar-refractivity contribution is 5.21. The summed E-state index contributed by atoms with van der Waals surface area (Å²) in [5.74, 6) is 0.704. The number of nitrogens with two attached hydrogens (primary N) is 1. The molecule has 0 radical (unpaired) electrons. The van der Waals surface area contributed by atoms with Crippen LogP contribution in [0, 0.1) is 22.2 Å². The summed E-state index contributed by atoms with van der Waals surface area (Å²) in [5, 5.41) is 14.8. The summed E-state index contributed by atoms with van der Waals surface area (Å²) in [7, 11) is 0. The highest BCUT2D eigenvalue weighted by Gasteiger charge is 1.87. The number of anilines is 1. The molecule has 6 heteroatoms. The molecule has 0 fully saturated rings. The van der Waals surface area contributed by atoms with E-state index in [0.717, 1.165) is 0 Å². The lowest BCUT2D eigenvalue weighted by atomic mass is 10.3. The molecular formula is C6H9N3O3. The van der Waals surface area contributed by atoms with E-state index in [9.17, 15) is 0 Å². The zero-order valence-electron chi connectivity index (χ0n) is 6.48. The Morgan fingerprint density at radius 2 is 2.00 bits per heavy atom. The highest BCUT2D eigenvalue weighted by atomic mass is 16.9. The van der Waals surface area contributed by atoms with Crippen molar-refractivity contribution in [2.45, 2.75) is 6.92 Å². The summed E-state index contributed by atoms with van der Waals surface area (Å²) in [6.45, 7) is 2.01. The average Bonchev–Trinajstić information content (AvgIpc) is 1.94. The standard InChI is InChI=1S/C6H8N2.NO3/c1-5-2-3-6(7)8-4-5;2-1(3)4/h2-4H,1H3,(H2,7,8);/q;-1/p+1. The first-order valence-corrected chi connectivity index (χ1v) is 3.07. The summed E-state index contributed by atoms with van der Waals surface area (Å²) in [4.78, 5) is 11.1.